The molecule has 0 bridgehead atoms. The van der Waals surface area contributed by atoms with E-state index in [-0.39, 0.29) is 22.6 Å². The standard InChI is InChI=1S/C16H16N2O4S/c1-10-14(15(10)16(19)20)11-4-6-13(7-5-11)23(21,22)18-12-3-2-8-17-9-12/h2-10,14-15,18H,1H3,(H,19,20). The summed E-state index contributed by atoms with van der Waals surface area (Å²) < 4.78 is 27.1. The Balaban J connectivity index is 1.78. The van der Waals surface area contributed by atoms with Crippen molar-refractivity contribution in [1.29, 1.82) is 0 Å². The van der Waals surface area contributed by atoms with Crippen molar-refractivity contribution in [2.24, 2.45) is 11.8 Å². The number of aliphatic carboxylic acids is 1. The van der Waals surface area contributed by atoms with Crippen molar-refractivity contribution in [3.05, 3.63) is 54.4 Å². The van der Waals surface area contributed by atoms with Crippen LogP contribution in [-0.4, -0.2) is 24.5 Å². The molecule has 1 aromatic heterocycles. The zero-order chi connectivity index (χ0) is 16.6. The molecule has 6 nitrogen and oxygen atoms in total. The Labute approximate surface area is 134 Å². The van der Waals surface area contributed by atoms with Crippen molar-refractivity contribution in [1.82, 2.24) is 4.98 Å². The molecule has 3 atom stereocenters. The number of anilines is 1. The van der Waals surface area contributed by atoms with Gasteiger partial charge in [0.15, 0.2) is 0 Å². The summed E-state index contributed by atoms with van der Waals surface area (Å²) in [7, 11) is -3.69. The lowest BCUT2D eigenvalue weighted by molar-refractivity contribution is -0.138. The van der Waals surface area contributed by atoms with Crippen molar-refractivity contribution in [2.45, 2.75) is 17.7 Å². The molecule has 3 unspecified atom stereocenters. The number of carboxylic acids is 1. The van der Waals surface area contributed by atoms with Gasteiger partial charge in [0.05, 0.1) is 22.7 Å². The zero-order valence-electron chi connectivity index (χ0n) is 12.4. The molecule has 1 aliphatic rings. The minimum absolute atomic E-state index is 0.0458. The van der Waals surface area contributed by atoms with E-state index in [1.54, 1.807) is 30.5 Å². The summed E-state index contributed by atoms with van der Waals surface area (Å²) in [5.41, 5.74) is 1.24. The number of carbonyl (C=O) groups is 1. The summed E-state index contributed by atoms with van der Waals surface area (Å²) >= 11 is 0. The topological polar surface area (TPSA) is 96.4 Å². The van der Waals surface area contributed by atoms with Gasteiger partial charge in [0.25, 0.3) is 10.0 Å². The highest BCUT2D eigenvalue weighted by molar-refractivity contribution is 7.92. The number of benzene rings is 1. The van der Waals surface area contributed by atoms with Crippen LogP contribution in [0.4, 0.5) is 5.69 Å². The maximum absolute atomic E-state index is 12.3. The van der Waals surface area contributed by atoms with E-state index in [0.29, 0.717) is 5.69 Å². The molecule has 1 aliphatic carbocycles. The number of pyridine rings is 1. The third kappa shape index (κ3) is 3.05. The van der Waals surface area contributed by atoms with Crippen LogP contribution in [0.2, 0.25) is 0 Å². The predicted molar refractivity (Wildman–Crippen MR) is 84.5 cm³/mol. The molecule has 0 radical (unpaired) electrons. The smallest absolute Gasteiger partial charge is 0.307 e. The fourth-order valence-electron chi connectivity index (χ4n) is 2.86. The minimum atomic E-state index is -3.69. The van der Waals surface area contributed by atoms with Crippen LogP contribution in [0.5, 0.6) is 0 Å². The van der Waals surface area contributed by atoms with E-state index in [0.717, 1.165) is 5.56 Å². The van der Waals surface area contributed by atoms with Crippen LogP contribution in [0, 0.1) is 11.8 Å². The Bertz CT molecular complexity index is 819. The first-order valence-corrected chi connectivity index (χ1v) is 8.64. The number of nitrogens with zero attached hydrogens (tertiary/aromatic N) is 1. The van der Waals surface area contributed by atoms with Gasteiger partial charge < -0.3 is 5.11 Å². The molecule has 2 N–H and O–H groups in total. The van der Waals surface area contributed by atoms with Crippen LogP contribution in [0.15, 0.2) is 53.7 Å². The van der Waals surface area contributed by atoms with Gasteiger partial charge in [-0.3, -0.25) is 14.5 Å². The second-order valence-corrected chi connectivity index (χ2v) is 7.35. The lowest BCUT2D eigenvalue weighted by Gasteiger charge is -2.08. The van der Waals surface area contributed by atoms with Crippen molar-refractivity contribution in [3.63, 3.8) is 0 Å². The summed E-state index contributed by atoms with van der Waals surface area (Å²) in [5, 5.41) is 9.09. The Kier molecular flexibility index (Phi) is 3.81. The predicted octanol–water partition coefficient (Wildman–Crippen LogP) is 2.32. The third-order valence-electron chi connectivity index (χ3n) is 4.15. The summed E-state index contributed by atoms with van der Waals surface area (Å²) in [4.78, 5) is 15.1. The van der Waals surface area contributed by atoms with Crippen LogP contribution >= 0.6 is 0 Å². The van der Waals surface area contributed by atoms with Gasteiger partial charge in [0.2, 0.25) is 0 Å². The molecule has 1 saturated carbocycles. The highest BCUT2D eigenvalue weighted by Gasteiger charge is 2.52. The summed E-state index contributed by atoms with van der Waals surface area (Å²) in [6.07, 6.45) is 2.98. The van der Waals surface area contributed by atoms with Crippen LogP contribution in [0.25, 0.3) is 0 Å². The minimum Gasteiger partial charge on any atom is -0.481 e. The normalized spacial score (nSPS) is 23.3. The van der Waals surface area contributed by atoms with E-state index in [4.69, 9.17) is 5.11 Å². The highest BCUT2D eigenvalue weighted by Crippen LogP contribution is 2.53. The number of carboxylic acid groups (broad SMARTS) is 1. The third-order valence-corrected chi connectivity index (χ3v) is 5.55. The van der Waals surface area contributed by atoms with E-state index in [9.17, 15) is 13.2 Å². The quantitative estimate of drug-likeness (QED) is 0.876. The van der Waals surface area contributed by atoms with E-state index < -0.39 is 16.0 Å². The van der Waals surface area contributed by atoms with Gasteiger partial charge in [-0.05, 0) is 35.7 Å². The van der Waals surface area contributed by atoms with Gasteiger partial charge in [-0.15, -0.1) is 0 Å². The first kappa shape index (κ1) is 15.5. The van der Waals surface area contributed by atoms with Crippen molar-refractivity contribution in [3.8, 4) is 0 Å². The van der Waals surface area contributed by atoms with Gasteiger partial charge in [-0.25, -0.2) is 8.42 Å². The molecule has 0 spiro atoms. The lowest BCUT2D eigenvalue weighted by atomic mass is 10.1. The first-order valence-electron chi connectivity index (χ1n) is 7.16. The molecular weight excluding hydrogens is 316 g/mol. The van der Waals surface area contributed by atoms with Gasteiger partial charge in [-0.2, -0.15) is 0 Å². The van der Waals surface area contributed by atoms with Gasteiger partial charge >= 0.3 is 5.97 Å². The number of sulfonamides is 1. The van der Waals surface area contributed by atoms with Crippen LogP contribution < -0.4 is 4.72 Å². The number of rotatable bonds is 5. The number of aromatic nitrogens is 1. The second-order valence-electron chi connectivity index (χ2n) is 5.67. The van der Waals surface area contributed by atoms with Crippen molar-refractivity contribution in [2.75, 3.05) is 4.72 Å². The highest BCUT2D eigenvalue weighted by atomic mass is 32.2. The molecule has 3 rings (SSSR count). The monoisotopic (exact) mass is 332 g/mol. The average Bonchev–Trinajstić information content (AvgIpc) is 3.19. The molecule has 0 saturated heterocycles. The maximum Gasteiger partial charge on any atom is 0.307 e. The largest absolute Gasteiger partial charge is 0.481 e. The molecular formula is C16H16N2O4S. The Morgan fingerprint density at radius 1 is 1.22 bits per heavy atom. The summed E-state index contributed by atoms with van der Waals surface area (Å²) in [6, 6.07) is 9.61. The zero-order valence-corrected chi connectivity index (χ0v) is 13.2. The SMILES string of the molecule is CC1C(C(=O)O)C1c1ccc(S(=O)(=O)Nc2cccnc2)cc1. The first-order chi connectivity index (χ1) is 10.9. The molecule has 1 aromatic carbocycles. The average molecular weight is 332 g/mol. The van der Waals surface area contributed by atoms with Crippen LogP contribution in [0.3, 0.4) is 0 Å². The maximum atomic E-state index is 12.3. The molecule has 7 heteroatoms. The van der Waals surface area contributed by atoms with Crippen LogP contribution in [-0.2, 0) is 14.8 Å². The van der Waals surface area contributed by atoms with E-state index in [2.05, 4.69) is 9.71 Å². The van der Waals surface area contributed by atoms with E-state index >= 15 is 0 Å². The summed E-state index contributed by atoms with van der Waals surface area (Å²) in [6.45, 7) is 1.89. The molecule has 0 aliphatic heterocycles. The molecule has 0 amide bonds. The molecule has 2 aromatic rings. The fourth-order valence-corrected chi connectivity index (χ4v) is 3.90. The Morgan fingerprint density at radius 3 is 2.43 bits per heavy atom. The Hall–Kier alpha value is -2.41. The van der Waals surface area contributed by atoms with E-state index in [1.807, 2.05) is 6.92 Å². The summed E-state index contributed by atoms with van der Waals surface area (Å²) in [5.74, 6) is -1.16. The van der Waals surface area contributed by atoms with E-state index in [1.165, 1.54) is 18.3 Å². The van der Waals surface area contributed by atoms with Crippen molar-refractivity contribution >= 4 is 21.7 Å². The molecule has 1 heterocycles. The Morgan fingerprint density at radius 2 is 1.91 bits per heavy atom. The fraction of sp³-hybridized carbons (Fsp3) is 0.250. The lowest BCUT2D eigenvalue weighted by Crippen LogP contribution is -2.13. The number of hydrogen-bond donors (Lipinski definition) is 2. The molecule has 120 valence electrons. The molecule has 1 fully saturated rings. The van der Waals surface area contributed by atoms with Gasteiger partial charge in [-0.1, -0.05) is 19.1 Å². The number of nitrogens with one attached hydrogen (secondary N) is 1. The number of hydrogen-bond acceptors (Lipinski definition) is 4. The van der Waals surface area contributed by atoms with Gasteiger partial charge in [0.1, 0.15) is 0 Å². The second kappa shape index (κ2) is 5.66. The molecule has 23 heavy (non-hydrogen) atoms. The van der Waals surface area contributed by atoms with Crippen LogP contribution in [0.1, 0.15) is 18.4 Å². The van der Waals surface area contributed by atoms with Gasteiger partial charge in [0, 0.05) is 12.1 Å². The van der Waals surface area contributed by atoms with Crippen molar-refractivity contribution < 1.29 is 18.3 Å².